The van der Waals surface area contributed by atoms with Gasteiger partial charge in [-0.2, -0.15) is 5.06 Å². The zero-order valence-corrected chi connectivity index (χ0v) is 18.4. The lowest BCUT2D eigenvalue weighted by molar-refractivity contribution is -0.333. The molecule has 0 amide bonds. The van der Waals surface area contributed by atoms with Gasteiger partial charge in [0.25, 0.3) is 0 Å². The summed E-state index contributed by atoms with van der Waals surface area (Å²) in [6.07, 6.45) is 8.34. The van der Waals surface area contributed by atoms with Crippen LogP contribution in [0.15, 0.2) is 24.5 Å². The summed E-state index contributed by atoms with van der Waals surface area (Å²) in [5, 5.41) is 12.9. The molecular formula is C23H40N2O2. The fourth-order valence-corrected chi connectivity index (χ4v) is 4.73. The largest absolute Gasteiger partial charge is 0.393 e. The van der Waals surface area contributed by atoms with Crippen molar-refractivity contribution in [1.82, 2.24) is 10.0 Å². The summed E-state index contributed by atoms with van der Waals surface area (Å²) in [5.41, 5.74) is 0.787. The molecule has 0 bridgehead atoms. The Labute approximate surface area is 166 Å². The highest BCUT2D eigenvalue weighted by Crippen LogP contribution is 2.43. The molecule has 27 heavy (non-hydrogen) atoms. The van der Waals surface area contributed by atoms with Crippen molar-refractivity contribution >= 4 is 0 Å². The van der Waals surface area contributed by atoms with E-state index in [9.17, 15) is 5.11 Å². The van der Waals surface area contributed by atoms with Crippen molar-refractivity contribution in [2.24, 2.45) is 5.92 Å². The summed E-state index contributed by atoms with van der Waals surface area (Å²) in [5.74, 6) is 0.502. The van der Waals surface area contributed by atoms with Gasteiger partial charge in [0.1, 0.15) is 0 Å². The maximum Gasteiger partial charge on any atom is 0.0912 e. The van der Waals surface area contributed by atoms with Crippen molar-refractivity contribution in [1.29, 1.82) is 0 Å². The van der Waals surface area contributed by atoms with E-state index in [1.807, 2.05) is 12.4 Å². The third-order valence-electron chi connectivity index (χ3n) is 6.73. The van der Waals surface area contributed by atoms with Gasteiger partial charge in [-0.1, -0.05) is 34.1 Å². The Hall–Kier alpha value is -0.970. The van der Waals surface area contributed by atoms with Crippen LogP contribution in [0, 0.1) is 5.92 Å². The molecule has 1 fully saturated rings. The lowest BCUT2D eigenvalue weighted by atomic mass is 9.76. The molecule has 1 saturated heterocycles. The van der Waals surface area contributed by atoms with Crippen LogP contribution in [0.3, 0.4) is 0 Å². The molecule has 2 rings (SSSR count). The number of hydroxylamine groups is 2. The highest BCUT2D eigenvalue weighted by Gasteiger charge is 2.49. The quantitative estimate of drug-likeness (QED) is 0.666. The van der Waals surface area contributed by atoms with Gasteiger partial charge in [0.2, 0.25) is 0 Å². The van der Waals surface area contributed by atoms with Crippen molar-refractivity contribution < 1.29 is 9.94 Å². The van der Waals surface area contributed by atoms with E-state index in [-0.39, 0.29) is 29.2 Å². The SMILES string of the molecule is CCCC(c1ccncc1)C(C)(C)ON1C(CC)C(C)C(O)CC1(C)CC. The maximum absolute atomic E-state index is 10.6. The first-order chi connectivity index (χ1) is 12.7. The topological polar surface area (TPSA) is 45.6 Å². The molecule has 2 heterocycles. The Morgan fingerprint density at radius 2 is 1.93 bits per heavy atom. The van der Waals surface area contributed by atoms with Crippen LogP contribution >= 0.6 is 0 Å². The van der Waals surface area contributed by atoms with Gasteiger partial charge in [-0.05, 0) is 70.1 Å². The van der Waals surface area contributed by atoms with E-state index in [0.29, 0.717) is 5.92 Å². The van der Waals surface area contributed by atoms with Crippen LogP contribution < -0.4 is 0 Å². The Bertz CT molecular complexity index is 577. The van der Waals surface area contributed by atoms with Gasteiger partial charge >= 0.3 is 0 Å². The first kappa shape index (κ1) is 22.3. The summed E-state index contributed by atoms with van der Waals surface area (Å²) in [7, 11) is 0. The lowest BCUT2D eigenvalue weighted by Crippen LogP contribution is -2.63. The number of hydrogen-bond donors (Lipinski definition) is 1. The van der Waals surface area contributed by atoms with E-state index >= 15 is 0 Å². The maximum atomic E-state index is 10.6. The second-order valence-electron chi connectivity index (χ2n) is 9.10. The van der Waals surface area contributed by atoms with E-state index in [4.69, 9.17) is 4.84 Å². The van der Waals surface area contributed by atoms with Crippen LogP contribution in [0.2, 0.25) is 0 Å². The number of hydrogen-bond acceptors (Lipinski definition) is 4. The highest BCUT2D eigenvalue weighted by molar-refractivity contribution is 5.19. The van der Waals surface area contributed by atoms with E-state index in [2.05, 4.69) is 70.6 Å². The van der Waals surface area contributed by atoms with Gasteiger partial charge in [0.15, 0.2) is 0 Å². The molecule has 1 aromatic rings. The number of aliphatic hydroxyl groups is 1. The Morgan fingerprint density at radius 3 is 2.44 bits per heavy atom. The van der Waals surface area contributed by atoms with Gasteiger partial charge in [-0.3, -0.25) is 9.82 Å². The second kappa shape index (κ2) is 9.02. The van der Waals surface area contributed by atoms with Gasteiger partial charge < -0.3 is 5.11 Å². The monoisotopic (exact) mass is 376 g/mol. The predicted molar refractivity (Wildman–Crippen MR) is 111 cm³/mol. The summed E-state index contributed by atoms with van der Waals surface area (Å²) in [6, 6.07) is 4.45. The molecule has 5 unspecified atom stereocenters. The minimum absolute atomic E-state index is 0.154. The fraction of sp³-hybridized carbons (Fsp3) is 0.783. The van der Waals surface area contributed by atoms with E-state index in [1.54, 1.807) is 0 Å². The molecule has 4 heteroatoms. The first-order valence-electron chi connectivity index (χ1n) is 10.8. The van der Waals surface area contributed by atoms with Crippen LogP contribution in [-0.2, 0) is 4.84 Å². The van der Waals surface area contributed by atoms with Gasteiger partial charge in [0.05, 0.1) is 11.7 Å². The third kappa shape index (κ3) is 4.72. The van der Waals surface area contributed by atoms with Gasteiger partial charge in [-0.15, -0.1) is 0 Å². The Kier molecular flexibility index (Phi) is 7.46. The van der Waals surface area contributed by atoms with Gasteiger partial charge in [0, 0.05) is 29.9 Å². The number of nitrogens with zero attached hydrogens (tertiary/aromatic N) is 2. The zero-order valence-electron chi connectivity index (χ0n) is 18.4. The summed E-state index contributed by atoms with van der Waals surface area (Å²) < 4.78 is 0. The first-order valence-corrected chi connectivity index (χ1v) is 10.8. The molecular weight excluding hydrogens is 336 g/mol. The van der Waals surface area contributed by atoms with Crippen molar-refractivity contribution in [2.45, 2.75) is 110 Å². The van der Waals surface area contributed by atoms with Crippen LogP contribution in [-0.4, -0.2) is 38.4 Å². The smallest absolute Gasteiger partial charge is 0.0912 e. The molecule has 4 nitrogen and oxygen atoms in total. The molecule has 154 valence electrons. The average Bonchev–Trinajstić information content (AvgIpc) is 2.65. The molecule has 0 aromatic carbocycles. The van der Waals surface area contributed by atoms with E-state index < -0.39 is 0 Å². The Morgan fingerprint density at radius 1 is 1.30 bits per heavy atom. The molecule has 1 aliphatic rings. The van der Waals surface area contributed by atoms with Crippen molar-refractivity contribution in [3.8, 4) is 0 Å². The third-order valence-corrected chi connectivity index (χ3v) is 6.73. The standard InChI is InChI=1S/C23H40N2O2/c1-8-11-19(18-12-14-24-15-13-18)22(5,6)27-25-20(9-2)17(4)21(26)16-23(25,7)10-3/h12-15,17,19-21,26H,8-11,16H2,1-7H3. The summed E-state index contributed by atoms with van der Waals surface area (Å²) in [6.45, 7) is 15.5. The number of rotatable bonds is 8. The molecule has 1 N–H and O–H groups in total. The molecule has 0 radical (unpaired) electrons. The zero-order chi connectivity index (χ0) is 20.2. The molecule has 0 aliphatic carbocycles. The number of aliphatic hydroxyl groups excluding tert-OH is 1. The molecule has 1 aliphatic heterocycles. The van der Waals surface area contributed by atoms with E-state index in [1.165, 1.54) is 5.56 Å². The normalized spacial score (nSPS) is 31.0. The second-order valence-corrected chi connectivity index (χ2v) is 9.10. The van der Waals surface area contributed by atoms with Crippen LogP contribution in [0.5, 0.6) is 0 Å². The van der Waals surface area contributed by atoms with Crippen molar-refractivity contribution in [2.75, 3.05) is 0 Å². The summed E-state index contributed by atoms with van der Waals surface area (Å²) >= 11 is 0. The Balaban J connectivity index is 2.36. The molecule has 5 atom stereocenters. The van der Waals surface area contributed by atoms with Crippen LogP contribution in [0.1, 0.15) is 92.1 Å². The highest BCUT2D eigenvalue weighted by atomic mass is 16.7. The number of piperidine rings is 1. The average molecular weight is 377 g/mol. The fourth-order valence-electron chi connectivity index (χ4n) is 4.73. The van der Waals surface area contributed by atoms with Crippen molar-refractivity contribution in [3.05, 3.63) is 30.1 Å². The van der Waals surface area contributed by atoms with Crippen LogP contribution in [0.4, 0.5) is 0 Å². The van der Waals surface area contributed by atoms with Crippen molar-refractivity contribution in [3.63, 3.8) is 0 Å². The predicted octanol–water partition coefficient (Wildman–Crippen LogP) is 5.33. The molecule has 0 spiro atoms. The molecule has 1 aromatic heterocycles. The van der Waals surface area contributed by atoms with E-state index in [0.717, 1.165) is 32.1 Å². The van der Waals surface area contributed by atoms with Crippen LogP contribution in [0.25, 0.3) is 0 Å². The lowest BCUT2D eigenvalue weighted by Gasteiger charge is -2.55. The number of pyridine rings is 1. The summed E-state index contributed by atoms with van der Waals surface area (Å²) in [4.78, 5) is 11.1. The minimum Gasteiger partial charge on any atom is -0.393 e. The minimum atomic E-state index is -0.344. The van der Waals surface area contributed by atoms with Gasteiger partial charge in [-0.25, -0.2) is 0 Å². The number of aromatic nitrogens is 1. The molecule has 0 saturated carbocycles.